The van der Waals surface area contributed by atoms with Gasteiger partial charge in [0.25, 0.3) is 0 Å². The Balaban J connectivity index is 1.67. The van der Waals surface area contributed by atoms with Gasteiger partial charge in [-0.05, 0) is 38.6 Å². The molecule has 0 aromatic rings. The van der Waals surface area contributed by atoms with E-state index in [1.165, 1.54) is 0 Å². The van der Waals surface area contributed by atoms with Crippen LogP contribution in [0.3, 0.4) is 0 Å². The summed E-state index contributed by atoms with van der Waals surface area (Å²) in [6.07, 6.45) is -6.93. The fourth-order valence-corrected chi connectivity index (χ4v) is 4.91. The number of nitrogens with zero attached hydrogens (tertiary/aromatic N) is 1. The Morgan fingerprint density at radius 1 is 1.03 bits per heavy atom. The number of carbonyl (C=O) groups is 1. The lowest BCUT2D eigenvalue weighted by atomic mass is 9.91. The van der Waals surface area contributed by atoms with Gasteiger partial charge in [-0.25, -0.2) is 5.01 Å². The minimum atomic E-state index is -4.66. The van der Waals surface area contributed by atoms with E-state index in [9.17, 15) is 31.1 Å². The highest BCUT2D eigenvalue weighted by Crippen LogP contribution is 2.38. The zero-order chi connectivity index (χ0) is 21.4. The van der Waals surface area contributed by atoms with E-state index in [1.54, 1.807) is 0 Å². The van der Waals surface area contributed by atoms with Crippen LogP contribution >= 0.6 is 11.6 Å². The molecule has 6 unspecified atom stereocenters. The smallest absolute Gasteiger partial charge is 0.353 e. The molecule has 29 heavy (non-hydrogen) atoms. The van der Waals surface area contributed by atoms with E-state index in [4.69, 9.17) is 11.6 Å². The predicted octanol–water partition coefficient (Wildman–Crippen LogP) is 2.70. The van der Waals surface area contributed by atoms with Gasteiger partial charge in [-0.15, -0.1) is 11.6 Å². The summed E-state index contributed by atoms with van der Waals surface area (Å²) in [7, 11) is 0. The van der Waals surface area contributed by atoms with Crippen molar-refractivity contribution in [2.24, 2.45) is 5.92 Å². The minimum absolute atomic E-state index is 0.0338. The molecule has 12 heteroatoms. The molecule has 1 amide bonds. The molecule has 0 radical (unpaired) electrons. The lowest BCUT2D eigenvalue weighted by Crippen LogP contribution is -2.57. The summed E-state index contributed by atoms with van der Waals surface area (Å²) >= 11 is 6.12. The van der Waals surface area contributed by atoms with Crippen LogP contribution in [0.15, 0.2) is 0 Å². The molecule has 1 aliphatic carbocycles. The molecular weight excluding hydrogens is 426 g/mol. The second-order valence-electron chi connectivity index (χ2n) is 8.06. The van der Waals surface area contributed by atoms with Crippen molar-refractivity contribution in [2.75, 3.05) is 13.1 Å². The van der Waals surface area contributed by atoms with Crippen LogP contribution in [0.25, 0.3) is 0 Å². The number of hydrogen-bond donors (Lipinski definition) is 3. The van der Waals surface area contributed by atoms with Gasteiger partial charge >= 0.3 is 12.4 Å². The molecule has 0 aromatic heterocycles. The second-order valence-corrected chi connectivity index (χ2v) is 8.68. The number of rotatable bonds is 3. The fraction of sp³-hybridized carbons (Fsp3) is 0.941. The number of halogens is 7. The molecule has 3 N–H and O–H groups in total. The van der Waals surface area contributed by atoms with Crippen LogP contribution in [0.5, 0.6) is 0 Å². The van der Waals surface area contributed by atoms with Gasteiger partial charge in [-0.1, -0.05) is 6.42 Å². The Bertz CT molecular complexity index is 589. The third-order valence-electron chi connectivity index (χ3n) is 5.97. The quantitative estimate of drug-likeness (QED) is 0.457. The molecule has 2 saturated heterocycles. The maximum Gasteiger partial charge on any atom is 0.406 e. The molecule has 6 atom stereocenters. The molecule has 0 bridgehead atoms. The molecule has 2 heterocycles. The van der Waals surface area contributed by atoms with E-state index in [-0.39, 0.29) is 24.9 Å². The molecule has 3 aliphatic rings. The van der Waals surface area contributed by atoms with Crippen LogP contribution in [0.1, 0.15) is 38.5 Å². The number of hydrazine groups is 1. The molecule has 5 nitrogen and oxygen atoms in total. The number of alkyl halides is 7. The van der Waals surface area contributed by atoms with Crippen LogP contribution in [0.4, 0.5) is 26.3 Å². The SMILES string of the molecule is O=C(NC1CCNC(C(F)(F)F)C1)C1CNN(C2CCCC(Cl)C2)C1C(F)(F)F. The van der Waals surface area contributed by atoms with Crippen LogP contribution in [-0.4, -0.2) is 65.9 Å². The van der Waals surface area contributed by atoms with E-state index < -0.39 is 54.8 Å². The third-order valence-corrected chi connectivity index (χ3v) is 6.36. The van der Waals surface area contributed by atoms with Crippen molar-refractivity contribution in [3.63, 3.8) is 0 Å². The number of carbonyl (C=O) groups excluding carboxylic acids is 1. The van der Waals surface area contributed by atoms with Gasteiger partial charge < -0.3 is 10.6 Å². The van der Waals surface area contributed by atoms with Crippen LogP contribution < -0.4 is 16.1 Å². The van der Waals surface area contributed by atoms with Crippen molar-refractivity contribution in [1.29, 1.82) is 0 Å². The number of hydrogen-bond acceptors (Lipinski definition) is 4. The van der Waals surface area contributed by atoms with Gasteiger partial charge in [-0.3, -0.25) is 10.2 Å². The molecule has 3 fully saturated rings. The molecule has 2 aliphatic heterocycles. The second kappa shape index (κ2) is 8.76. The van der Waals surface area contributed by atoms with Crippen molar-refractivity contribution in [1.82, 2.24) is 21.1 Å². The topological polar surface area (TPSA) is 56.4 Å². The average Bonchev–Trinajstić information content (AvgIpc) is 3.07. The highest BCUT2D eigenvalue weighted by Gasteiger charge is 2.56. The van der Waals surface area contributed by atoms with Gasteiger partial charge in [0, 0.05) is 24.0 Å². The Morgan fingerprint density at radius 3 is 2.38 bits per heavy atom. The van der Waals surface area contributed by atoms with Crippen LogP contribution in [0, 0.1) is 5.92 Å². The van der Waals surface area contributed by atoms with Crippen molar-refractivity contribution in [3.05, 3.63) is 0 Å². The van der Waals surface area contributed by atoms with Crippen molar-refractivity contribution < 1.29 is 31.1 Å². The third kappa shape index (κ3) is 5.48. The maximum absolute atomic E-state index is 13.8. The summed E-state index contributed by atoms with van der Waals surface area (Å²) in [5.74, 6) is -2.29. The Morgan fingerprint density at radius 2 is 1.76 bits per heavy atom. The monoisotopic (exact) mass is 450 g/mol. The van der Waals surface area contributed by atoms with Crippen LogP contribution in [0.2, 0.25) is 0 Å². The Kier molecular flexibility index (Phi) is 6.92. The van der Waals surface area contributed by atoms with E-state index in [1.807, 2.05) is 0 Å². The van der Waals surface area contributed by atoms with E-state index >= 15 is 0 Å². The summed E-state index contributed by atoms with van der Waals surface area (Å²) in [5, 5.41) is 5.64. The lowest BCUT2D eigenvalue weighted by Gasteiger charge is -2.38. The van der Waals surface area contributed by atoms with Gasteiger partial charge in [0.2, 0.25) is 5.91 Å². The molecule has 0 spiro atoms. The van der Waals surface area contributed by atoms with Gasteiger partial charge in [0.1, 0.15) is 12.1 Å². The molecule has 3 rings (SSSR count). The normalized spacial score (nSPS) is 37.5. The largest absolute Gasteiger partial charge is 0.406 e. The number of nitrogens with one attached hydrogen (secondary N) is 3. The molecule has 1 saturated carbocycles. The van der Waals surface area contributed by atoms with Gasteiger partial charge in [0.05, 0.1) is 5.92 Å². The van der Waals surface area contributed by atoms with Gasteiger partial charge in [0.15, 0.2) is 0 Å². The average molecular weight is 451 g/mol. The maximum atomic E-state index is 13.8. The lowest BCUT2D eigenvalue weighted by molar-refractivity contribution is -0.198. The minimum Gasteiger partial charge on any atom is -0.353 e. The first kappa shape index (κ1) is 22.9. The first-order valence-electron chi connectivity index (χ1n) is 9.80. The summed E-state index contributed by atoms with van der Waals surface area (Å²) in [6.45, 7) is -0.181. The van der Waals surface area contributed by atoms with Gasteiger partial charge in [-0.2, -0.15) is 26.3 Å². The molecular formula is C17H25ClF6N4O. The standard InChI is InChI=1S/C17H25ClF6N4O/c18-9-2-1-3-11(6-9)28-14(17(22,23)24)12(8-26-28)15(29)27-10-4-5-25-13(7-10)16(19,20)21/h9-14,25-26H,1-8H2,(H,27,29). The summed E-state index contributed by atoms with van der Waals surface area (Å²) < 4.78 is 80.2. The molecule has 168 valence electrons. The van der Waals surface area contributed by atoms with E-state index in [0.29, 0.717) is 19.3 Å². The highest BCUT2D eigenvalue weighted by molar-refractivity contribution is 6.20. The first-order chi connectivity index (χ1) is 13.5. The summed E-state index contributed by atoms with van der Waals surface area (Å²) in [6, 6.07) is -5.07. The van der Waals surface area contributed by atoms with Crippen molar-refractivity contribution in [2.45, 2.75) is 80.4 Å². The number of amides is 1. The van der Waals surface area contributed by atoms with Crippen LogP contribution in [-0.2, 0) is 4.79 Å². The molecule has 0 aromatic carbocycles. The van der Waals surface area contributed by atoms with E-state index in [0.717, 1.165) is 11.4 Å². The Labute approximate surface area is 169 Å². The Hall–Kier alpha value is -0.780. The zero-order valence-corrected chi connectivity index (χ0v) is 16.4. The zero-order valence-electron chi connectivity index (χ0n) is 15.6. The fourth-order valence-electron chi connectivity index (χ4n) is 4.55. The number of piperidine rings is 1. The first-order valence-corrected chi connectivity index (χ1v) is 10.2. The summed E-state index contributed by atoms with van der Waals surface area (Å²) in [5.41, 5.74) is 2.71. The van der Waals surface area contributed by atoms with E-state index in [2.05, 4.69) is 16.1 Å². The van der Waals surface area contributed by atoms with Crippen molar-refractivity contribution >= 4 is 17.5 Å². The predicted molar refractivity (Wildman–Crippen MR) is 94.1 cm³/mol. The summed E-state index contributed by atoms with van der Waals surface area (Å²) in [4.78, 5) is 12.6. The highest BCUT2D eigenvalue weighted by atomic mass is 35.5. The van der Waals surface area contributed by atoms with Crippen molar-refractivity contribution in [3.8, 4) is 0 Å².